The number of nitrogens with zero attached hydrogens (tertiary/aromatic N) is 5. The van der Waals surface area contributed by atoms with E-state index in [0.29, 0.717) is 17.2 Å². The summed E-state index contributed by atoms with van der Waals surface area (Å²) in [5.74, 6) is 1.94. The highest BCUT2D eigenvalue weighted by atomic mass is 16.5. The van der Waals surface area contributed by atoms with E-state index in [9.17, 15) is 4.79 Å². The fourth-order valence-corrected chi connectivity index (χ4v) is 6.99. The fraction of sp³-hybridized carbons (Fsp3) is 0.483. The molecule has 9 nitrogen and oxygen atoms in total. The van der Waals surface area contributed by atoms with Crippen molar-refractivity contribution in [3.05, 3.63) is 42.1 Å². The Morgan fingerprint density at radius 3 is 2.71 bits per heavy atom. The number of amides is 1. The summed E-state index contributed by atoms with van der Waals surface area (Å²) < 4.78 is 16.1. The molecule has 3 aromatic heterocycles. The first-order valence-corrected chi connectivity index (χ1v) is 13.7. The van der Waals surface area contributed by atoms with Gasteiger partial charge in [0.15, 0.2) is 5.82 Å². The number of carbonyl (C=O) groups is 1. The third-order valence-corrected chi connectivity index (χ3v) is 9.10. The summed E-state index contributed by atoms with van der Waals surface area (Å²) in [6, 6.07) is 10.4. The Kier molecular flexibility index (Phi) is 5.49. The van der Waals surface area contributed by atoms with Gasteiger partial charge in [-0.3, -0.25) is 4.79 Å². The van der Waals surface area contributed by atoms with Gasteiger partial charge in [0.05, 0.1) is 24.4 Å². The molecule has 1 aliphatic heterocycles. The van der Waals surface area contributed by atoms with Crippen molar-refractivity contribution in [3.63, 3.8) is 0 Å². The lowest BCUT2D eigenvalue weighted by Crippen LogP contribution is -2.41. The largest absolute Gasteiger partial charge is 0.494 e. The first-order valence-electron chi connectivity index (χ1n) is 13.7. The van der Waals surface area contributed by atoms with Crippen LogP contribution in [0.3, 0.4) is 0 Å². The number of piperidine rings is 1. The van der Waals surface area contributed by atoms with Gasteiger partial charge in [-0.1, -0.05) is 0 Å². The molecular weight excluding hydrogens is 480 g/mol. The maximum Gasteiger partial charge on any atom is 0.254 e. The minimum absolute atomic E-state index is 0.0129. The van der Waals surface area contributed by atoms with Crippen molar-refractivity contribution in [1.29, 1.82) is 0 Å². The molecule has 9 heteroatoms. The van der Waals surface area contributed by atoms with Gasteiger partial charge < -0.3 is 29.2 Å². The lowest BCUT2D eigenvalue weighted by atomic mass is 9.88. The van der Waals surface area contributed by atoms with Crippen LogP contribution in [0.5, 0.6) is 5.75 Å². The number of hydrogen-bond donors (Lipinski definition) is 1. The van der Waals surface area contributed by atoms with E-state index in [1.807, 2.05) is 29.3 Å². The number of fused-ring (bicyclic) bond motifs is 4. The zero-order chi connectivity index (χ0) is 26.1. The van der Waals surface area contributed by atoms with Gasteiger partial charge in [0, 0.05) is 55.5 Å². The maximum atomic E-state index is 13.7. The molecule has 3 fully saturated rings. The summed E-state index contributed by atoms with van der Waals surface area (Å²) in [5, 5.41) is 1.08. The van der Waals surface area contributed by atoms with Crippen LogP contribution in [0, 0.1) is 5.92 Å². The Bertz CT molecular complexity index is 1550. The van der Waals surface area contributed by atoms with Gasteiger partial charge in [0.25, 0.3) is 5.91 Å². The third-order valence-electron chi connectivity index (χ3n) is 9.10. The highest BCUT2D eigenvalue weighted by Crippen LogP contribution is 2.44. The van der Waals surface area contributed by atoms with Gasteiger partial charge in [-0.25, -0.2) is 9.97 Å². The second-order valence-electron chi connectivity index (χ2n) is 11.0. The Balaban J connectivity index is 1.40. The molecule has 2 aliphatic carbocycles. The Hall–Kier alpha value is -3.43. The van der Waals surface area contributed by atoms with E-state index in [1.165, 1.54) is 0 Å². The number of carbonyl (C=O) groups excluding carboxylic acids is 1. The monoisotopic (exact) mass is 514 g/mol. The number of imidazole rings is 1. The van der Waals surface area contributed by atoms with Crippen LogP contribution < -0.4 is 10.5 Å². The average Bonchev–Trinajstić information content (AvgIpc) is 3.66. The van der Waals surface area contributed by atoms with Crippen LogP contribution in [0.1, 0.15) is 49.0 Å². The van der Waals surface area contributed by atoms with Crippen LogP contribution in [0.2, 0.25) is 0 Å². The minimum atomic E-state index is 0.0129. The normalized spacial score (nSPS) is 26.4. The number of hydrogen-bond acceptors (Lipinski definition) is 6. The number of benzene rings is 1. The maximum absolute atomic E-state index is 13.7. The van der Waals surface area contributed by atoms with E-state index in [1.54, 1.807) is 14.2 Å². The van der Waals surface area contributed by atoms with E-state index in [0.717, 1.165) is 72.4 Å². The Morgan fingerprint density at radius 2 is 2.03 bits per heavy atom. The topological polar surface area (TPSA) is 100 Å². The van der Waals surface area contributed by atoms with Gasteiger partial charge in [0.2, 0.25) is 0 Å². The number of likely N-dealkylation sites (tertiary alicyclic amines) is 1. The molecule has 2 N–H and O–H groups in total. The van der Waals surface area contributed by atoms with Crippen molar-refractivity contribution in [2.24, 2.45) is 11.7 Å². The molecular formula is C29H34N6O3. The quantitative estimate of drug-likeness (QED) is 0.418. The van der Waals surface area contributed by atoms with Crippen molar-refractivity contribution in [2.75, 3.05) is 20.8 Å². The summed E-state index contributed by atoms with van der Waals surface area (Å²) in [6.45, 7) is 3.62. The summed E-state index contributed by atoms with van der Waals surface area (Å²) in [7, 11) is 3.43. The summed E-state index contributed by atoms with van der Waals surface area (Å²) in [5.41, 5.74) is 10.6. The summed E-state index contributed by atoms with van der Waals surface area (Å²) >= 11 is 0. The van der Waals surface area contributed by atoms with E-state index in [2.05, 4.69) is 33.2 Å². The zero-order valence-corrected chi connectivity index (χ0v) is 22.1. The first kappa shape index (κ1) is 23.7. The van der Waals surface area contributed by atoms with E-state index in [4.69, 9.17) is 20.2 Å². The predicted molar refractivity (Wildman–Crippen MR) is 145 cm³/mol. The highest BCUT2D eigenvalue weighted by Gasteiger charge is 2.47. The molecule has 0 radical (unpaired) electrons. The number of rotatable bonds is 6. The van der Waals surface area contributed by atoms with Crippen molar-refractivity contribution < 1.29 is 14.3 Å². The molecule has 0 unspecified atom stereocenters. The number of pyridine rings is 1. The highest BCUT2D eigenvalue weighted by molar-refractivity contribution is 6.00. The molecule has 1 saturated heterocycles. The predicted octanol–water partition coefficient (Wildman–Crippen LogP) is 3.99. The van der Waals surface area contributed by atoms with Gasteiger partial charge >= 0.3 is 0 Å². The van der Waals surface area contributed by atoms with Crippen molar-refractivity contribution >= 4 is 28.0 Å². The number of aromatic nitrogens is 4. The van der Waals surface area contributed by atoms with E-state index >= 15 is 0 Å². The van der Waals surface area contributed by atoms with Crippen LogP contribution in [-0.2, 0) is 11.3 Å². The second kappa shape index (κ2) is 8.81. The smallest absolute Gasteiger partial charge is 0.254 e. The molecule has 2 bridgehead atoms. The Morgan fingerprint density at radius 1 is 1.18 bits per heavy atom. The molecule has 1 aromatic carbocycles. The molecule has 7 rings (SSSR count). The first-order chi connectivity index (χ1) is 18.5. The van der Waals surface area contributed by atoms with Crippen LogP contribution >= 0.6 is 0 Å². The van der Waals surface area contributed by atoms with Crippen LogP contribution in [-0.4, -0.2) is 68.9 Å². The molecule has 1 amide bonds. The van der Waals surface area contributed by atoms with Gasteiger partial charge in [-0.2, -0.15) is 0 Å². The van der Waals surface area contributed by atoms with Crippen molar-refractivity contribution in [3.8, 4) is 17.3 Å². The van der Waals surface area contributed by atoms with E-state index < -0.39 is 0 Å². The fourth-order valence-electron chi connectivity index (χ4n) is 6.99. The van der Waals surface area contributed by atoms with Crippen LogP contribution in [0.4, 0.5) is 0 Å². The lowest BCUT2D eigenvalue weighted by molar-refractivity contribution is 0.00771. The van der Waals surface area contributed by atoms with Gasteiger partial charge in [-0.15, -0.1) is 0 Å². The molecule has 3 aliphatic rings. The number of nitrogens with two attached hydrogens (primary N) is 1. The standard InChI is InChI=1S/C29H34N6O3/c1-4-33-23(11-16-6-5-9-31-27(16)33)28-32-21-10-18(29(36)34-15-17-7-8-22(34)25(17)30)12-24(38-3)26(21)35(28)19-13-20(14-19)37-2/h5-6,9-12,17,19-20,22,25H,4,7-8,13-15,30H2,1-3H3/t17-,19-,20-,22-,25-/m1/s1. The van der Waals surface area contributed by atoms with Crippen molar-refractivity contribution in [1.82, 2.24) is 24.0 Å². The number of methoxy groups -OCH3 is 2. The summed E-state index contributed by atoms with van der Waals surface area (Å²) in [4.78, 5) is 25.5. The third kappa shape index (κ3) is 3.34. The average molecular weight is 515 g/mol. The molecule has 0 spiro atoms. The second-order valence-corrected chi connectivity index (χ2v) is 11.0. The van der Waals surface area contributed by atoms with Gasteiger partial charge in [0.1, 0.15) is 16.9 Å². The lowest BCUT2D eigenvalue weighted by Gasteiger charge is -2.36. The SMILES string of the molecule is CCn1c(-c2nc3cc(C(=O)N4C[C@H]5CC[C@@H]4[C@@H]5N)cc(OC)c3n2[C@H]2C[C@H](OC)C2)cc2cccnc21. The minimum Gasteiger partial charge on any atom is -0.494 e. The van der Waals surface area contributed by atoms with Crippen LogP contribution in [0.15, 0.2) is 36.5 Å². The molecule has 38 heavy (non-hydrogen) atoms. The van der Waals surface area contributed by atoms with Crippen LogP contribution in [0.25, 0.3) is 33.6 Å². The molecule has 3 atom stereocenters. The molecule has 198 valence electrons. The molecule has 2 saturated carbocycles. The van der Waals surface area contributed by atoms with E-state index in [-0.39, 0.29) is 30.1 Å². The Labute approximate surface area is 221 Å². The zero-order valence-electron chi connectivity index (χ0n) is 22.1. The van der Waals surface area contributed by atoms with Gasteiger partial charge in [-0.05, 0) is 68.9 Å². The molecule has 4 aromatic rings. The number of aryl methyl sites for hydroxylation is 1. The number of ether oxygens (including phenoxy) is 2. The van der Waals surface area contributed by atoms with Crippen molar-refractivity contribution in [2.45, 2.75) is 63.4 Å². The molecule has 4 heterocycles. The summed E-state index contributed by atoms with van der Waals surface area (Å²) in [6.07, 6.45) is 5.94.